The van der Waals surface area contributed by atoms with E-state index in [1.165, 1.54) is 6.42 Å². The van der Waals surface area contributed by atoms with Crippen LogP contribution in [-0.4, -0.2) is 25.1 Å². The van der Waals surface area contributed by atoms with Crippen molar-refractivity contribution in [2.45, 2.75) is 38.8 Å². The Labute approximate surface area is 114 Å². The van der Waals surface area contributed by atoms with Crippen molar-refractivity contribution in [2.75, 3.05) is 18.5 Å². The maximum absolute atomic E-state index is 11.9. The van der Waals surface area contributed by atoms with Crippen molar-refractivity contribution in [1.82, 2.24) is 5.32 Å². The van der Waals surface area contributed by atoms with Gasteiger partial charge in [-0.05, 0) is 44.0 Å². The predicted octanol–water partition coefficient (Wildman–Crippen LogP) is 2.30. The molecule has 1 unspecified atom stereocenters. The van der Waals surface area contributed by atoms with Crippen LogP contribution in [0.15, 0.2) is 24.3 Å². The van der Waals surface area contributed by atoms with Crippen molar-refractivity contribution >= 4 is 11.6 Å². The summed E-state index contributed by atoms with van der Waals surface area (Å²) in [5.41, 5.74) is 1.93. The van der Waals surface area contributed by atoms with E-state index in [-0.39, 0.29) is 5.91 Å². The van der Waals surface area contributed by atoms with Crippen LogP contribution in [0.5, 0.6) is 0 Å². The number of benzene rings is 1. The van der Waals surface area contributed by atoms with Crippen molar-refractivity contribution < 1.29 is 9.53 Å². The lowest BCUT2D eigenvalue weighted by molar-refractivity contribution is -0.116. The average molecular weight is 262 g/mol. The lowest BCUT2D eigenvalue weighted by Crippen LogP contribution is -2.27. The Hall–Kier alpha value is -1.39. The summed E-state index contributed by atoms with van der Waals surface area (Å²) >= 11 is 0. The Morgan fingerprint density at radius 2 is 2.42 bits per heavy atom. The van der Waals surface area contributed by atoms with Crippen LogP contribution in [0, 0.1) is 0 Å². The largest absolute Gasteiger partial charge is 0.377 e. The van der Waals surface area contributed by atoms with E-state index in [0.29, 0.717) is 25.7 Å². The number of anilines is 1. The number of hydrogen-bond donors (Lipinski definition) is 2. The number of rotatable bonds is 6. The monoisotopic (exact) mass is 262 g/mol. The fourth-order valence-electron chi connectivity index (χ4n) is 2.33. The normalized spacial score (nSPS) is 18.5. The van der Waals surface area contributed by atoms with Crippen molar-refractivity contribution in [3.63, 3.8) is 0 Å². The van der Waals surface area contributed by atoms with Crippen LogP contribution < -0.4 is 10.6 Å². The van der Waals surface area contributed by atoms with Gasteiger partial charge in [0.15, 0.2) is 0 Å². The van der Waals surface area contributed by atoms with Crippen LogP contribution >= 0.6 is 0 Å². The second-order valence-electron chi connectivity index (χ2n) is 4.88. The molecule has 4 heteroatoms. The first kappa shape index (κ1) is 14.0. The molecular weight excluding hydrogens is 240 g/mol. The van der Waals surface area contributed by atoms with Gasteiger partial charge >= 0.3 is 0 Å². The molecule has 0 bridgehead atoms. The third-order valence-electron chi connectivity index (χ3n) is 3.28. The third kappa shape index (κ3) is 4.65. The zero-order chi connectivity index (χ0) is 13.5. The summed E-state index contributed by atoms with van der Waals surface area (Å²) in [5, 5.41) is 6.28. The van der Waals surface area contributed by atoms with Gasteiger partial charge in [-0.25, -0.2) is 0 Å². The number of carbonyl (C=O) groups is 1. The maximum Gasteiger partial charge on any atom is 0.225 e. The minimum Gasteiger partial charge on any atom is -0.377 e. The molecule has 1 aliphatic rings. The third-order valence-corrected chi connectivity index (χ3v) is 3.28. The van der Waals surface area contributed by atoms with E-state index in [1.807, 2.05) is 31.2 Å². The van der Waals surface area contributed by atoms with Crippen molar-refractivity contribution in [3.8, 4) is 0 Å². The molecule has 2 N–H and O–H groups in total. The Bertz CT molecular complexity index is 414. The van der Waals surface area contributed by atoms with E-state index in [4.69, 9.17) is 4.74 Å². The lowest BCUT2D eigenvalue weighted by Gasteiger charge is -2.11. The van der Waals surface area contributed by atoms with Gasteiger partial charge < -0.3 is 15.4 Å². The highest BCUT2D eigenvalue weighted by Gasteiger charge is 2.17. The smallest absolute Gasteiger partial charge is 0.225 e. The lowest BCUT2D eigenvalue weighted by atomic mass is 10.1. The van der Waals surface area contributed by atoms with Gasteiger partial charge in [0.1, 0.15) is 0 Å². The number of amides is 1. The summed E-state index contributed by atoms with van der Waals surface area (Å²) < 4.78 is 5.36. The summed E-state index contributed by atoms with van der Waals surface area (Å²) in [5.74, 6) is 0.0768. The number of nitrogens with one attached hydrogen (secondary N) is 2. The summed E-state index contributed by atoms with van der Waals surface area (Å²) in [7, 11) is 0. The SMILES string of the molecule is CCOCc1cccc(NC(=O)CC2CCCN2)c1. The first-order valence-corrected chi connectivity index (χ1v) is 6.98. The van der Waals surface area contributed by atoms with Crippen LogP contribution in [-0.2, 0) is 16.1 Å². The number of ether oxygens (including phenoxy) is 1. The zero-order valence-electron chi connectivity index (χ0n) is 11.4. The average Bonchev–Trinajstić information content (AvgIpc) is 2.89. The predicted molar refractivity (Wildman–Crippen MR) is 76.0 cm³/mol. The molecule has 0 radical (unpaired) electrons. The van der Waals surface area contributed by atoms with Crippen LogP contribution in [0.2, 0.25) is 0 Å². The molecule has 1 atom stereocenters. The van der Waals surface area contributed by atoms with Gasteiger partial charge in [-0.15, -0.1) is 0 Å². The molecule has 1 heterocycles. The Morgan fingerprint density at radius 3 is 3.16 bits per heavy atom. The molecule has 0 aliphatic carbocycles. The molecule has 2 rings (SSSR count). The molecule has 1 aliphatic heterocycles. The highest BCUT2D eigenvalue weighted by Crippen LogP contribution is 2.14. The van der Waals surface area contributed by atoms with E-state index < -0.39 is 0 Å². The van der Waals surface area contributed by atoms with Gasteiger partial charge in [-0.3, -0.25) is 4.79 Å². The molecule has 1 amide bonds. The highest BCUT2D eigenvalue weighted by atomic mass is 16.5. The van der Waals surface area contributed by atoms with Crippen molar-refractivity contribution in [1.29, 1.82) is 0 Å². The number of carbonyl (C=O) groups excluding carboxylic acids is 1. The molecule has 104 valence electrons. The van der Waals surface area contributed by atoms with Gasteiger partial charge in [0.05, 0.1) is 6.61 Å². The van der Waals surface area contributed by atoms with Gasteiger partial charge in [0.2, 0.25) is 5.91 Å². The summed E-state index contributed by atoms with van der Waals surface area (Å²) in [4.78, 5) is 11.9. The summed E-state index contributed by atoms with van der Waals surface area (Å²) in [6, 6.07) is 8.17. The first-order valence-electron chi connectivity index (χ1n) is 6.98. The summed E-state index contributed by atoms with van der Waals surface area (Å²) in [6.45, 7) is 4.29. The molecule has 0 saturated carbocycles. The molecule has 1 aromatic carbocycles. The minimum atomic E-state index is 0.0768. The maximum atomic E-state index is 11.9. The molecule has 1 saturated heterocycles. The highest BCUT2D eigenvalue weighted by molar-refractivity contribution is 5.91. The molecule has 0 aromatic heterocycles. The topological polar surface area (TPSA) is 50.4 Å². The van der Waals surface area contributed by atoms with Gasteiger partial charge in [-0.1, -0.05) is 12.1 Å². The van der Waals surface area contributed by atoms with Crippen molar-refractivity contribution in [3.05, 3.63) is 29.8 Å². The Balaban J connectivity index is 1.85. The van der Waals surface area contributed by atoms with E-state index in [0.717, 1.165) is 24.2 Å². The standard InChI is InChI=1S/C15H22N2O2/c1-2-19-11-12-5-3-6-14(9-12)17-15(18)10-13-7-4-8-16-13/h3,5-6,9,13,16H,2,4,7-8,10-11H2,1H3,(H,17,18). The Morgan fingerprint density at radius 1 is 1.53 bits per heavy atom. The number of hydrogen-bond acceptors (Lipinski definition) is 3. The van der Waals surface area contributed by atoms with Gasteiger partial charge in [-0.2, -0.15) is 0 Å². The minimum absolute atomic E-state index is 0.0768. The fourth-order valence-corrected chi connectivity index (χ4v) is 2.33. The van der Waals surface area contributed by atoms with Gasteiger partial charge in [0, 0.05) is 24.8 Å². The van der Waals surface area contributed by atoms with E-state index in [1.54, 1.807) is 0 Å². The molecule has 4 nitrogen and oxygen atoms in total. The zero-order valence-corrected chi connectivity index (χ0v) is 11.4. The first-order chi connectivity index (χ1) is 9.28. The quantitative estimate of drug-likeness (QED) is 0.827. The molecule has 1 aromatic rings. The second-order valence-corrected chi connectivity index (χ2v) is 4.88. The van der Waals surface area contributed by atoms with Crippen LogP contribution in [0.1, 0.15) is 31.7 Å². The molecule has 1 fully saturated rings. The summed E-state index contributed by atoms with van der Waals surface area (Å²) in [6.07, 6.45) is 2.81. The second kappa shape index (κ2) is 7.26. The van der Waals surface area contributed by atoms with E-state index in [2.05, 4.69) is 10.6 Å². The Kier molecular flexibility index (Phi) is 5.36. The molecule has 0 spiro atoms. The van der Waals surface area contributed by atoms with E-state index in [9.17, 15) is 4.79 Å². The molecular formula is C15H22N2O2. The van der Waals surface area contributed by atoms with E-state index >= 15 is 0 Å². The van der Waals surface area contributed by atoms with Crippen LogP contribution in [0.25, 0.3) is 0 Å². The van der Waals surface area contributed by atoms with Crippen LogP contribution in [0.3, 0.4) is 0 Å². The molecule has 19 heavy (non-hydrogen) atoms. The van der Waals surface area contributed by atoms with Crippen LogP contribution in [0.4, 0.5) is 5.69 Å². The fraction of sp³-hybridized carbons (Fsp3) is 0.533. The van der Waals surface area contributed by atoms with Gasteiger partial charge in [0.25, 0.3) is 0 Å². The van der Waals surface area contributed by atoms with Crippen molar-refractivity contribution in [2.24, 2.45) is 0 Å².